The molecule has 0 fully saturated rings. The second-order valence-electron chi connectivity index (χ2n) is 6.09. The number of thiazole rings is 1. The number of aromatic nitrogens is 4. The molecule has 0 spiro atoms. The van der Waals surface area contributed by atoms with Gasteiger partial charge in [0.05, 0.1) is 0 Å². The van der Waals surface area contributed by atoms with Gasteiger partial charge in [-0.25, -0.2) is 14.5 Å². The Morgan fingerprint density at radius 1 is 1.18 bits per heavy atom. The molecule has 0 unspecified atom stereocenters. The highest BCUT2D eigenvalue weighted by molar-refractivity contribution is 7.13. The zero-order valence-corrected chi connectivity index (χ0v) is 16.3. The van der Waals surface area contributed by atoms with E-state index in [9.17, 15) is 9.59 Å². The molecule has 9 heteroatoms. The third-order valence-corrected chi connectivity index (χ3v) is 5.29. The number of hydrogen-bond donors (Lipinski definition) is 1. The Morgan fingerprint density at radius 2 is 2.00 bits per heavy atom. The van der Waals surface area contributed by atoms with Crippen molar-refractivity contribution < 1.29 is 4.79 Å². The predicted octanol–water partition coefficient (Wildman–Crippen LogP) is 3.09. The summed E-state index contributed by atoms with van der Waals surface area (Å²) in [5, 5.41) is 10.2. The number of carbonyl (C=O) groups is 1. The van der Waals surface area contributed by atoms with Crippen LogP contribution in [-0.2, 0) is 6.54 Å². The van der Waals surface area contributed by atoms with Crippen LogP contribution in [0.3, 0.4) is 0 Å². The lowest BCUT2D eigenvalue weighted by molar-refractivity contribution is 0.0948. The minimum absolute atomic E-state index is 0.186. The molecule has 142 valence electrons. The molecule has 0 bridgehead atoms. The summed E-state index contributed by atoms with van der Waals surface area (Å²) in [5.74, 6) is -0.237. The second-order valence-corrected chi connectivity index (χ2v) is 7.38. The fraction of sp³-hybridized carbons (Fsp3) is 0.158. The molecule has 0 aliphatic rings. The highest BCUT2D eigenvalue weighted by Crippen LogP contribution is 2.25. The van der Waals surface area contributed by atoms with Gasteiger partial charge in [-0.05, 0) is 30.7 Å². The van der Waals surface area contributed by atoms with Crippen LogP contribution in [-0.4, -0.2) is 31.6 Å². The summed E-state index contributed by atoms with van der Waals surface area (Å²) in [6, 6.07) is 12.7. The molecule has 28 heavy (non-hydrogen) atoms. The van der Waals surface area contributed by atoms with E-state index < -0.39 is 0 Å². The molecular weight excluding hydrogens is 398 g/mol. The number of rotatable bonds is 6. The van der Waals surface area contributed by atoms with E-state index in [1.165, 1.54) is 20.4 Å². The molecule has 1 aromatic carbocycles. The quantitative estimate of drug-likeness (QED) is 0.492. The van der Waals surface area contributed by atoms with Crippen LogP contribution < -0.4 is 11.0 Å². The van der Waals surface area contributed by atoms with Crippen molar-refractivity contribution in [2.75, 3.05) is 6.54 Å². The SMILES string of the molecule is O=C(NCCCn1nc2ccccn2c1=O)c1csc(-c2ccc(Cl)cc2)n1. The molecule has 0 aliphatic heterocycles. The van der Waals surface area contributed by atoms with Crippen molar-refractivity contribution in [3.63, 3.8) is 0 Å². The second kappa shape index (κ2) is 7.95. The Balaban J connectivity index is 1.33. The summed E-state index contributed by atoms with van der Waals surface area (Å²) in [4.78, 5) is 28.9. The number of fused-ring (bicyclic) bond motifs is 1. The zero-order valence-electron chi connectivity index (χ0n) is 14.7. The monoisotopic (exact) mass is 413 g/mol. The van der Waals surface area contributed by atoms with Gasteiger partial charge in [0.1, 0.15) is 10.7 Å². The minimum Gasteiger partial charge on any atom is -0.351 e. The molecule has 0 saturated carbocycles. The van der Waals surface area contributed by atoms with Crippen molar-refractivity contribution in [3.8, 4) is 10.6 Å². The number of aryl methyl sites for hydroxylation is 1. The highest BCUT2D eigenvalue weighted by atomic mass is 35.5. The van der Waals surface area contributed by atoms with Crippen molar-refractivity contribution >= 4 is 34.5 Å². The number of carbonyl (C=O) groups excluding carboxylic acids is 1. The molecule has 0 atom stereocenters. The molecule has 4 aromatic rings. The van der Waals surface area contributed by atoms with Gasteiger partial charge in [0.2, 0.25) is 0 Å². The largest absolute Gasteiger partial charge is 0.351 e. The van der Waals surface area contributed by atoms with Gasteiger partial charge in [0, 0.05) is 35.3 Å². The minimum atomic E-state index is -0.237. The van der Waals surface area contributed by atoms with E-state index in [2.05, 4.69) is 15.4 Å². The highest BCUT2D eigenvalue weighted by Gasteiger charge is 2.12. The van der Waals surface area contributed by atoms with Gasteiger partial charge in [0.15, 0.2) is 5.65 Å². The van der Waals surface area contributed by atoms with Crippen LogP contribution in [0.4, 0.5) is 0 Å². The van der Waals surface area contributed by atoms with Crippen LogP contribution in [0.25, 0.3) is 16.2 Å². The smallest absolute Gasteiger partial charge is 0.350 e. The van der Waals surface area contributed by atoms with E-state index in [0.717, 1.165) is 10.6 Å². The number of nitrogens with zero attached hydrogens (tertiary/aromatic N) is 4. The Morgan fingerprint density at radius 3 is 2.79 bits per heavy atom. The van der Waals surface area contributed by atoms with Crippen molar-refractivity contribution in [2.24, 2.45) is 0 Å². The molecule has 3 heterocycles. The van der Waals surface area contributed by atoms with Crippen LogP contribution in [0.5, 0.6) is 0 Å². The molecule has 3 aromatic heterocycles. The normalized spacial score (nSPS) is 11.0. The van der Waals surface area contributed by atoms with Gasteiger partial charge >= 0.3 is 5.69 Å². The molecule has 0 radical (unpaired) electrons. The number of pyridine rings is 1. The summed E-state index contributed by atoms with van der Waals surface area (Å²) < 4.78 is 2.90. The molecule has 1 amide bonds. The summed E-state index contributed by atoms with van der Waals surface area (Å²) in [5.41, 5.74) is 1.71. The lowest BCUT2D eigenvalue weighted by atomic mass is 10.2. The molecular formula is C19H16ClN5O2S. The predicted molar refractivity (Wildman–Crippen MR) is 109 cm³/mol. The Labute approximate surface area is 169 Å². The van der Waals surface area contributed by atoms with Crippen LogP contribution in [0, 0.1) is 0 Å². The van der Waals surface area contributed by atoms with Gasteiger partial charge in [-0.2, -0.15) is 0 Å². The standard InChI is InChI=1S/C19H16ClN5O2S/c20-14-7-5-13(6-8-14)18-22-15(12-28-18)17(26)21-9-3-11-25-19(27)24-10-2-1-4-16(24)23-25/h1-2,4-8,10,12H,3,9,11H2,(H,21,26). The first kappa shape index (κ1) is 18.4. The Hall–Kier alpha value is -2.97. The van der Waals surface area contributed by atoms with Crippen molar-refractivity contribution in [1.29, 1.82) is 0 Å². The molecule has 0 aliphatic carbocycles. The van der Waals surface area contributed by atoms with Crippen LogP contribution >= 0.6 is 22.9 Å². The number of benzene rings is 1. The van der Waals surface area contributed by atoms with E-state index in [1.54, 1.807) is 35.8 Å². The first-order chi connectivity index (χ1) is 13.6. The van der Waals surface area contributed by atoms with E-state index in [0.29, 0.717) is 35.9 Å². The van der Waals surface area contributed by atoms with Crippen LogP contribution in [0.1, 0.15) is 16.9 Å². The zero-order chi connectivity index (χ0) is 19.5. The third-order valence-electron chi connectivity index (χ3n) is 4.15. The maximum Gasteiger partial charge on any atom is 0.350 e. The molecule has 4 rings (SSSR count). The lowest BCUT2D eigenvalue weighted by Crippen LogP contribution is -2.27. The molecule has 7 nitrogen and oxygen atoms in total. The topological polar surface area (TPSA) is 81.3 Å². The average Bonchev–Trinajstić information content (AvgIpc) is 3.32. The maximum atomic E-state index is 12.3. The fourth-order valence-electron chi connectivity index (χ4n) is 2.74. The maximum absolute atomic E-state index is 12.3. The van der Waals surface area contributed by atoms with Gasteiger partial charge < -0.3 is 5.32 Å². The Bertz CT molecular complexity index is 1180. The summed E-state index contributed by atoms with van der Waals surface area (Å²) in [7, 11) is 0. The summed E-state index contributed by atoms with van der Waals surface area (Å²) in [6.45, 7) is 0.848. The number of hydrogen-bond acceptors (Lipinski definition) is 5. The molecule has 1 N–H and O–H groups in total. The van der Waals surface area contributed by atoms with E-state index in [1.807, 2.05) is 18.2 Å². The summed E-state index contributed by atoms with van der Waals surface area (Å²) >= 11 is 7.30. The first-order valence-corrected chi connectivity index (χ1v) is 9.91. The summed E-state index contributed by atoms with van der Waals surface area (Å²) in [6.07, 6.45) is 2.27. The van der Waals surface area contributed by atoms with E-state index >= 15 is 0 Å². The molecule has 0 saturated heterocycles. The van der Waals surface area contributed by atoms with E-state index in [-0.39, 0.29) is 11.6 Å². The van der Waals surface area contributed by atoms with Gasteiger partial charge in [-0.3, -0.25) is 9.20 Å². The number of nitrogens with one attached hydrogen (secondary N) is 1. The number of halogens is 1. The lowest BCUT2D eigenvalue weighted by Gasteiger charge is -2.03. The van der Waals surface area contributed by atoms with E-state index in [4.69, 9.17) is 11.6 Å². The van der Waals surface area contributed by atoms with Crippen molar-refractivity contribution in [1.82, 2.24) is 24.5 Å². The van der Waals surface area contributed by atoms with Crippen LogP contribution in [0.15, 0.2) is 58.8 Å². The Kier molecular flexibility index (Phi) is 5.23. The number of amides is 1. The van der Waals surface area contributed by atoms with Gasteiger partial charge in [-0.1, -0.05) is 29.8 Å². The van der Waals surface area contributed by atoms with Crippen molar-refractivity contribution in [3.05, 3.63) is 75.2 Å². The van der Waals surface area contributed by atoms with Gasteiger partial charge in [-0.15, -0.1) is 16.4 Å². The first-order valence-electron chi connectivity index (χ1n) is 8.66. The van der Waals surface area contributed by atoms with Crippen LogP contribution in [0.2, 0.25) is 5.02 Å². The average molecular weight is 414 g/mol. The third kappa shape index (κ3) is 3.83. The van der Waals surface area contributed by atoms with Crippen molar-refractivity contribution in [2.45, 2.75) is 13.0 Å². The fourth-order valence-corrected chi connectivity index (χ4v) is 3.67. The van der Waals surface area contributed by atoms with Gasteiger partial charge in [0.25, 0.3) is 5.91 Å².